The molecule has 0 radical (unpaired) electrons. The first-order valence-electron chi connectivity index (χ1n) is 4.50. The second-order valence-corrected chi connectivity index (χ2v) is 3.62. The van der Waals surface area contributed by atoms with Gasteiger partial charge in [0.25, 0.3) is 0 Å². The highest BCUT2D eigenvalue weighted by molar-refractivity contribution is 5.52. The van der Waals surface area contributed by atoms with E-state index in [1.165, 1.54) is 5.56 Å². The van der Waals surface area contributed by atoms with Gasteiger partial charge in [0.05, 0.1) is 11.2 Å². The van der Waals surface area contributed by atoms with Crippen LogP contribution in [0.15, 0.2) is 18.3 Å². The molecule has 0 atom stereocenters. The van der Waals surface area contributed by atoms with Gasteiger partial charge in [0.1, 0.15) is 0 Å². The standard InChI is InChI=1S/C10H13N3/c1-7(2)9-4-5-13-10(6-9)8(3)11-12-13/h4-7H,1-3H3. The molecule has 2 aromatic rings. The fraction of sp³-hybridized carbons (Fsp3) is 0.400. The number of hydrogen-bond acceptors (Lipinski definition) is 2. The molecule has 0 spiro atoms. The van der Waals surface area contributed by atoms with Crippen molar-refractivity contribution >= 4 is 5.52 Å². The van der Waals surface area contributed by atoms with Gasteiger partial charge in [0.2, 0.25) is 0 Å². The van der Waals surface area contributed by atoms with Crippen molar-refractivity contribution in [3.63, 3.8) is 0 Å². The van der Waals surface area contributed by atoms with Crippen molar-refractivity contribution in [3.8, 4) is 0 Å². The Morgan fingerprint density at radius 2 is 2.15 bits per heavy atom. The van der Waals surface area contributed by atoms with Crippen LogP contribution in [0.4, 0.5) is 0 Å². The van der Waals surface area contributed by atoms with E-state index in [9.17, 15) is 0 Å². The van der Waals surface area contributed by atoms with E-state index in [1.807, 2.05) is 13.1 Å². The summed E-state index contributed by atoms with van der Waals surface area (Å²) in [5.74, 6) is 0.555. The summed E-state index contributed by atoms with van der Waals surface area (Å²) in [7, 11) is 0. The van der Waals surface area contributed by atoms with Crippen LogP contribution in [0.5, 0.6) is 0 Å². The Hall–Kier alpha value is -1.38. The molecule has 0 bridgehead atoms. The number of aromatic nitrogens is 3. The van der Waals surface area contributed by atoms with Crippen LogP contribution < -0.4 is 0 Å². The van der Waals surface area contributed by atoms with Crippen LogP contribution in [-0.2, 0) is 0 Å². The Kier molecular flexibility index (Phi) is 1.79. The third kappa shape index (κ3) is 1.30. The molecule has 0 unspecified atom stereocenters. The summed E-state index contributed by atoms with van der Waals surface area (Å²) in [6.45, 7) is 6.35. The van der Waals surface area contributed by atoms with Gasteiger partial charge in [-0.25, -0.2) is 4.52 Å². The Labute approximate surface area is 77.4 Å². The molecular weight excluding hydrogens is 162 g/mol. The quantitative estimate of drug-likeness (QED) is 0.664. The molecule has 3 heteroatoms. The third-order valence-corrected chi connectivity index (χ3v) is 2.29. The first kappa shape index (κ1) is 8.23. The van der Waals surface area contributed by atoms with Crippen LogP contribution in [0.3, 0.4) is 0 Å². The lowest BCUT2D eigenvalue weighted by molar-refractivity contribution is 0.829. The summed E-state index contributed by atoms with van der Waals surface area (Å²) >= 11 is 0. The second-order valence-electron chi connectivity index (χ2n) is 3.62. The maximum absolute atomic E-state index is 4.01. The lowest BCUT2D eigenvalue weighted by Crippen LogP contribution is -1.91. The average molecular weight is 175 g/mol. The molecule has 0 fully saturated rings. The minimum atomic E-state index is 0.555. The van der Waals surface area contributed by atoms with Gasteiger partial charge in [-0.3, -0.25) is 0 Å². The maximum atomic E-state index is 4.01. The van der Waals surface area contributed by atoms with Crippen molar-refractivity contribution in [3.05, 3.63) is 29.6 Å². The molecule has 0 aliphatic heterocycles. The summed E-state index contributed by atoms with van der Waals surface area (Å²) < 4.78 is 1.81. The van der Waals surface area contributed by atoms with E-state index in [1.54, 1.807) is 4.52 Å². The highest BCUT2D eigenvalue weighted by Crippen LogP contribution is 2.16. The van der Waals surface area contributed by atoms with Gasteiger partial charge < -0.3 is 0 Å². The first-order chi connectivity index (χ1) is 6.18. The topological polar surface area (TPSA) is 30.2 Å². The Balaban J connectivity index is 2.66. The van der Waals surface area contributed by atoms with Crippen molar-refractivity contribution in [2.24, 2.45) is 0 Å². The number of pyridine rings is 1. The average Bonchev–Trinajstić information content (AvgIpc) is 2.47. The molecule has 0 aliphatic carbocycles. The van der Waals surface area contributed by atoms with Crippen LogP contribution in [0, 0.1) is 6.92 Å². The summed E-state index contributed by atoms with van der Waals surface area (Å²) in [5.41, 5.74) is 3.42. The molecular formula is C10H13N3. The predicted molar refractivity (Wildman–Crippen MR) is 51.8 cm³/mol. The smallest absolute Gasteiger partial charge is 0.0897 e. The SMILES string of the molecule is Cc1nnn2ccc(C(C)C)cc12. The third-order valence-electron chi connectivity index (χ3n) is 2.29. The fourth-order valence-electron chi connectivity index (χ4n) is 1.38. The van der Waals surface area contributed by atoms with E-state index in [0.29, 0.717) is 5.92 Å². The van der Waals surface area contributed by atoms with Crippen LogP contribution in [0.25, 0.3) is 5.52 Å². The highest BCUT2D eigenvalue weighted by atomic mass is 15.4. The molecule has 2 heterocycles. The van der Waals surface area contributed by atoms with Gasteiger partial charge in [-0.15, -0.1) is 5.10 Å². The number of rotatable bonds is 1. The predicted octanol–water partition coefficient (Wildman–Crippen LogP) is 2.16. The lowest BCUT2D eigenvalue weighted by atomic mass is 10.0. The molecule has 68 valence electrons. The van der Waals surface area contributed by atoms with E-state index < -0.39 is 0 Å². The van der Waals surface area contributed by atoms with Gasteiger partial charge in [0.15, 0.2) is 0 Å². The monoisotopic (exact) mass is 175 g/mol. The van der Waals surface area contributed by atoms with Crippen LogP contribution >= 0.6 is 0 Å². The van der Waals surface area contributed by atoms with Crippen molar-refractivity contribution in [2.75, 3.05) is 0 Å². The second kappa shape index (κ2) is 2.83. The van der Waals surface area contributed by atoms with Crippen molar-refractivity contribution in [2.45, 2.75) is 26.7 Å². The molecule has 2 aromatic heterocycles. The van der Waals surface area contributed by atoms with Crippen LogP contribution in [0.2, 0.25) is 0 Å². The molecule has 0 aromatic carbocycles. The van der Waals surface area contributed by atoms with Gasteiger partial charge in [0, 0.05) is 6.20 Å². The van der Waals surface area contributed by atoms with E-state index in [2.05, 4.69) is 36.3 Å². The maximum Gasteiger partial charge on any atom is 0.0897 e. The zero-order valence-electron chi connectivity index (χ0n) is 8.15. The molecule has 0 aliphatic rings. The summed E-state index contributed by atoms with van der Waals surface area (Å²) in [4.78, 5) is 0. The Morgan fingerprint density at radius 3 is 2.85 bits per heavy atom. The van der Waals surface area contributed by atoms with E-state index in [0.717, 1.165) is 11.2 Å². The normalized spacial score (nSPS) is 11.4. The van der Waals surface area contributed by atoms with E-state index >= 15 is 0 Å². The molecule has 0 saturated carbocycles. The van der Waals surface area contributed by atoms with Crippen molar-refractivity contribution in [1.29, 1.82) is 0 Å². The van der Waals surface area contributed by atoms with Gasteiger partial charge >= 0.3 is 0 Å². The van der Waals surface area contributed by atoms with Gasteiger partial charge in [-0.1, -0.05) is 19.1 Å². The molecule has 3 nitrogen and oxygen atoms in total. The fourth-order valence-corrected chi connectivity index (χ4v) is 1.38. The van der Waals surface area contributed by atoms with Crippen molar-refractivity contribution < 1.29 is 0 Å². The first-order valence-corrected chi connectivity index (χ1v) is 4.50. The van der Waals surface area contributed by atoms with Crippen LogP contribution in [-0.4, -0.2) is 14.8 Å². The molecule has 13 heavy (non-hydrogen) atoms. The highest BCUT2D eigenvalue weighted by Gasteiger charge is 2.04. The minimum absolute atomic E-state index is 0.555. The lowest BCUT2D eigenvalue weighted by Gasteiger charge is -2.04. The molecule has 0 amide bonds. The van der Waals surface area contributed by atoms with Crippen molar-refractivity contribution in [1.82, 2.24) is 14.8 Å². The van der Waals surface area contributed by atoms with Gasteiger partial charge in [-0.05, 0) is 30.5 Å². The molecule has 0 saturated heterocycles. The zero-order valence-corrected chi connectivity index (χ0v) is 8.15. The van der Waals surface area contributed by atoms with Crippen LogP contribution in [0.1, 0.15) is 31.0 Å². The number of nitrogens with zero attached hydrogens (tertiary/aromatic N) is 3. The largest absolute Gasteiger partial charge is 0.220 e. The number of hydrogen-bond donors (Lipinski definition) is 0. The van der Waals surface area contributed by atoms with E-state index in [-0.39, 0.29) is 0 Å². The Morgan fingerprint density at radius 1 is 1.38 bits per heavy atom. The summed E-state index contributed by atoms with van der Waals surface area (Å²) in [6, 6.07) is 4.24. The summed E-state index contributed by atoms with van der Waals surface area (Å²) in [5, 5.41) is 7.99. The van der Waals surface area contributed by atoms with E-state index in [4.69, 9.17) is 0 Å². The number of aryl methyl sites for hydroxylation is 1. The number of fused-ring (bicyclic) bond motifs is 1. The van der Waals surface area contributed by atoms with Gasteiger partial charge in [-0.2, -0.15) is 0 Å². The zero-order chi connectivity index (χ0) is 9.42. The Bertz CT molecular complexity index is 429. The molecule has 2 rings (SSSR count). The summed E-state index contributed by atoms with van der Waals surface area (Å²) in [6.07, 6.45) is 1.96. The molecule has 0 N–H and O–H groups in total. The minimum Gasteiger partial charge on any atom is -0.220 e.